The van der Waals surface area contributed by atoms with Crippen molar-refractivity contribution < 1.29 is 4.79 Å². The van der Waals surface area contributed by atoms with E-state index in [9.17, 15) is 4.79 Å². The molecule has 2 aromatic heterocycles. The number of fused-ring (bicyclic) bond motifs is 1. The topological polar surface area (TPSA) is 49.3 Å². The predicted octanol–water partition coefficient (Wildman–Crippen LogP) is 5.70. The Morgan fingerprint density at radius 2 is 1.79 bits per heavy atom. The van der Waals surface area contributed by atoms with Crippen LogP contribution in [0.25, 0.3) is 22.0 Å². The number of carbonyl (C=O) groups excluding carboxylic acids is 1. The lowest BCUT2D eigenvalue weighted by Crippen LogP contribution is -2.32. The van der Waals surface area contributed by atoms with E-state index in [0.717, 1.165) is 37.0 Å². The van der Waals surface area contributed by atoms with E-state index in [4.69, 9.17) is 0 Å². The van der Waals surface area contributed by atoms with Crippen LogP contribution < -0.4 is 4.90 Å². The fourth-order valence-electron chi connectivity index (χ4n) is 5.00. The maximum absolute atomic E-state index is 13.2. The molecule has 2 fully saturated rings. The second-order valence-corrected chi connectivity index (χ2v) is 9.36. The highest BCUT2D eigenvalue weighted by Crippen LogP contribution is 2.33. The molecule has 0 radical (unpaired) electrons. The lowest BCUT2D eigenvalue weighted by atomic mass is 10.00. The third kappa shape index (κ3) is 4.14. The summed E-state index contributed by atoms with van der Waals surface area (Å²) in [6.45, 7) is 2.84. The minimum absolute atomic E-state index is 0.0630. The van der Waals surface area contributed by atoms with E-state index < -0.39 is 0 Å². The Hall–Kier alpha value is -3.73. The molecule has 34 heavy (non-hydrogen) atoms. The Labute approximate surface area is 200 Å². The van der Waals surface area contributed by atoms with Gasteiger partial charge in [-0.1, -0.05) is 24.3 Å². The Morgan fingerprint density at radius 3 is 2.59 bits per heavy atom. The van der Waals surface area contributed by atoms with Crippen molar-refractivity contribution in [2.75, 3.05) is 18.0 Å². The van der Waals surface area contributed by atoms with E-state index in [2.05, 4.69) is 63.4 Å². The van der Waals surface area contributed by atoms with Crippen molar-refractivity contribution in [2.45, 2.75) is 38.3 Å². The van der Waals surface area contributed by atoms with Crippen LogP contribution in [0.2, 0.25) is 0 Å². The van der Waals surface area contributed by atoms with E-state index in [1.807, 2.05) is 23.2 Å². The fourth-order valence-corrected chi connectivity index (χ4v) is 5.00. The zero-order valence-electron chi connectivity index (χ0n) is 19.2. The molecule has 5 heteroatoms. The van der Waals surface area contributed by atoms with E-state index in [0.29, 0.717) is 18.2 Å². The molecule has 0 bridgehead atoms. The van der Waals surface area contributed by atoms with Gasteiger partial charge in [-0.2, -0.15) is 0 Å². The molecule has 6 rings (SSSR count). The highest BCUT2D eigenvalue weighted by molar-refractivity contribution is 5.95. The van der Waals surface area contributed by atoms with Gasteiger partial charge >= 0.3 is 0 Å². The van der Waals surface area contributed by atoms with E-state index in [-0.39, 0.29) is 5.91 Å². The maximum atomic E-state index is 13.2. The standard InChI is InChI=1S/C29H28N4O/c34-29(24-7-4-13-30-19-24)33(25-9-10-25)20-21-5-3-6-22(17-21)23-8-11-27-26(18-23)28(12-14-31-27)32-15-1-2-16-32/h3-8,11-14,17-19,25H,1-2,9-10,15-16,20H2. The van der Waals surface area contributed by atoms with Crippen molar-refractivity contribution in [1.82, 2.24) is 14.9 Å². The molecular weight excluding hydrogens is 420 g/mol. The van der Waals surface area contributed by atoms with E-state index in [1.54, 1.807) is 12.4 Å². The van der Waals surface area contributed by atoms with Crippen molar-refractivity contribution in [1.29, 1.82) is 0 Å². The SMILES string of the molecule is O=C(c1cccnc1)N(Cc1cccc(-c2ccc3nccc(N4CCCC4)c3c2)c1)C1CC1. The zero-order valence-corrected chi connectivity index (χ0v) is 19.2. The molecule has 1 aliphatic heterocycles. The summed E-state index contributed by atoms with van der Waals surface area (Å²) in [5, 5.41) is 1.21. The number of aromatic nitrogens is 2. The molecule has 2 aliphatic rings. The van der Waals surface area contributed by atoms with Crippen LogP contribution in [0.4, 0.5) is 5.69 Å². The summed E-state index contributed by atoms with van der Waals surface area (Å²) < 4.78 is 0. The molecule has 1 aliphatic carbocycles. The number of hydrogen-bond donors (Lipinski definition) is 0. The van der Waals surface area contributed by atoms with Crippen molar-refractivity contribution in [3.8, 4) is 11.1 Å². The first kappa shape index (κ1) is 20.8. The number of anilines is 1. The molecule has 170 valence electrons. The Bertz CT molecular complexity index is 1330. The molecule has 1 saturated carbocycles. The molecule has 2 aromatic carbocycles. The third-order valence-corrected chi connectivity index (χ3v) is 6.94. The van der Waals surface area contributed by atoms with Gasteiger partial charge in [-0.3, -0.25) is 14.8 Å². The quantitative estimate of drug-likeness (QED) is 0.380. The van der Waals surface area contributed by atoms with Gasteiger partial charge < -0.3 is 9.80 Å². The van der Waals surface area contributed by atoms with Crippen LogP contribution in [0, 0.1) is 0 Å². The number of nitrogens with zero attached hydrogens (tertiary/aromatic N) is 4. The lowest BCUT2D eigenvalue weighted by molar-refractivity contribution is 0.0729. The summed E-state index contributed by atoms with van der Waals surface area (Å²) in [5.41, 5.74) is 6.46. The monoisotopic (exact) mass is 448 g/mol. The van der Waals surface area contributed by atoms with E-state index in [1.165, 1.54) is 35.0 Å². The number of benzene rings is 2. The average Bonchev–Trinajstić information content (AvgIpc) is 3.59. The number of pyridine rings is 2. The average molecular weight is 449 g/mol. The number of rotatable bonds is 6. The number of hydrogen-bond acceptors (Lipinski definition) is 4. The normalized spacial score (nSPS) is 15.6. The molecule has 0 atom stereocenters. The molecule has 1 amide bonds. The maximum Gasteiger partial charge on any atom is 0.255 e. The molecular formula is C29H28N4O. The molecule has 1 saturated heterocycles. The smallest absolute Gasteiger partial charge is 0.255 e. The van der Waals surface area contributed by atoms with E-state index >= 15 is 0 Å². The first-order valence-corrected chi connectivity index (χ1v) is 12.2. The summed E-state index contributed by atoms with van der Waals surface area (Å²) in [6.07, 6.45) is 9.93. The van der Waals surface area contributed by atoms with Crippen molar-refractivity contribution in [3.63, 3.8) is 0 Å². The zero-order chi connectivity index (χ0) is 22.9. The van der Waals surface area contributed by atoms with Gasteiger partial charge in [0, 0.05) is 55.3 Å². The summed E-state index contributed by atoms with van der Waals surface area (Å²) in [7, 11) is 0. The van der Waals surface area contributed by atoms with Crippen LogP contribution in [0.1, 0.15) is 41.6 Å². The van der Waals surface area contributed by atoms with Crippen LogP contribution >= 0.6 is 0 Å². The first-order chi connectivity index (χ1) is 16.8. The molecule has 5 nitrogen and oxygen atoms in total. The lowest BCUT2D eigenvalue weighted by Gasteiger charge is -2.23. The second-order valence-electron chi connectivity index (χ2n) is 9.36. The molecule has 0 unspecified atom stereocenters. The van der Waals surface area contributed by atoms with Gasteiger partial charge in [-0.05, 0) is 78.8 Å². The van der Waals surface area contributed by atoms with Crippen molar-refractivity contribution in [2.24, 2.45) is 0 Å². The minimum Gasteiger partial charge on any atom is -0.371 e. The van der Waals surface area contributed by atoms with Crippen molar-refractivity contribution >= 4 is 22.5 Å². The molecule has 0 spiro atoms. The summed E-state index contributed by atoms with van der Waals surface area (Å²) >= 11 is 0. The Kier molecular flexibility index (Phi) is 5.46. The highest BCUT2D eigenvalue weighted by Gasteiger charge is 2.33. The molecule has 4 aromatic rings. The predicted molar refractivity (Wildman–Crippen MR) is 136 cm³/mol. The molecule has 0 N–H and O–H groups in total. The van der Waals surface area contributed by atoms with Crippen LogP contribution in [-0.4, -0.2) is 39.9 Å². The van der Waals surface area contributed by atoms with Crippen LogP contribution in [0.5, 0.6) is 0 Å². The van der Waals surface area contributed by atoms with Crippen LogP contribution in [0.15, 0.2) is 79.3 Å². The van der Waals surface area contributed by atoms with Gasteiger partial charge in [0.1, 0.15) is 0 Å². The highest BCUT2D eigenvalue weighted by atomic mass is 16.2. The van der Waals surface area contributed by atoms with Gasteiger partial charge in [0.05, 0.1) is 11.1 Å². The van der Waals surface area contributed by atoms with Crippen molar-refractivity contribution in [3.05, 3.63) is 90.4 Å². The number of carbonyl (C=O) groups is 1. The minimum atomic E-state index is 0.0630. The van der Waals surface area contributed by atoms with Gasteiger partial charge in [0.2, 0.25) is 0 Å². The largest absolute Gasteiger partial charge is 0.371 e. The summed E-state index contributed by atoms with van der Waals surface area (Å²) in [6, 6.07) is 21.3. The fraction of sp³-hybridized carbons (Fsp3) is 0.276. The first-order valence-electron chi connectivity index (χ1n) is 12.2. The summed E-state index contributed by atoms with van der Waals surface area (Å²) in [5.74, 6) is 0.0630. The van der Waals surface area contributed by atoms with Crippen LogP contribution in [-0.2, 0) is 6.54 Å². The molecule has 3 heterocycles. The summed E-state index contributed by atoms with van der Waals surface area (Å²) in [4.78, 5) is 26.4. The van der Waals surface area contributed by atoms with Gasteiger partial charge in [0.15, 0.2) is 0 Å². The van der Waals surface area contributed by atoms with Gasteiger partial charge in [0.25, 0.3) is 5.91 Å². The van der Waals surface area contributed by atoms with Crippen LogP contribution in [0.3, 0.4) is 0 Å². The van der Waals surface area contributed by atoms with Gasteiger partial charge in [-0.15, -0.1) is 0 Å². The third-order valence-electron chi connectivity index (χ3n) is 6.94. The Morgan fingerprint density at radius 1 is 0.941 bits per heavy atom. The Balaban J connectivity index is 1.31. The second kappa shape index (κ2) is 8.90. The van der Waals surface area contributed by atoms with Gasteiger partial charge in [-0.25, -0.2) is 0 Å². The number of amides is 1.